The first kappa shape index (κ1) is 14.1. The van der Waals surface area contributed by atoms with Crippen LogP contribution in [0, 0.1) is 0 Å². The van der Waals surface area contributed by atoms with Gasteiger partial charge in [-0.05, 0) is 13.8 Å². The number of hydrogen-bond acceptors (Lipinski definition) is 7. The molecular formula is C11H20O7. The minimum atomic E-state index is -1.05. The third-order valence-electron chi connectivity index (χ3n) is 2.97. The molecule has 0 bridgehead atoms. The lowest BCUT2D eigenvalue weighted by atomic mass is 10.1. The fraction of sp³-hybridized carbons (Fsp3) is 1.00. The fourth-order valence-corrected chi connectivity index (χ4v) is 2.25. The van der Waals surface area contributed by atoms with E-state index in [-0.39, 0.29) is 6.79 Å². The van der Waals surface area contributed by atoms with Gasteiger partial charge in [-0.25, -0.2) is 0 Å². The number of methoxy groups -OCH3 is 1. The van der Waals surface area contributed by atoms with Gasteiger partial charge in [-0.15, -0.1) is 0 Å². The molecule has 0 aromatic heterocycles. The first-order valence-electron chi connectivity index (χ1n) is 5.89. The van der Waals surface area contributed by atoms with Crippen LogP contribution in [0.5, 0.6) is 0 Å². The van der Waals surface area contributed by atoms with Crippen molar-refractivity contribution in [3.8, 4) is 0 Å². The molecule has 2 heterocycles. The van der Waals surface area contributed by atoms with Crippen molar-refractivity contribution < 1.29 is 33.9 Å². The predicted octanol–water partition coefficient (Wildman–Crippen LogP) is -0.795. The zero-order chi connectivity index (χ0) is 13.3. The minimum absolute atomic E-state index is 0.0513. The van der Waals surface area contributed by atoms with Crippen LogP contribution in [0.4, 0.5) is 0 Å². The summed E-state index contributed by atoms with van der Waals surface area (Å²) in [6.07, 6.45) is -3.34. The van der Waals surface area contributed by atoms with E-state index >= 15 is 0 Å². The lowest BCUT2D eigenvalue weighted by Gasteiger charge is -2.27. The summed E-state index contributed by atoms with van der Waals surface area (Å²) in [7, 11) is 1.50. The molecule has 2 aliphatic rings. The molecule has 2 N–H and O–H groups in total. The van der Waals surface area contributed by atoms with Crippen LogP contribution in [0.15, 0.2) is 0 Å². The largest absolute Gasteiger partial charge is 0.394 e. The van der Waals surface area contributed by atoms with Crippen molar-refractivity contribution in [1.82, 2.24) is 0 Å². The number of fused-ring (bicyclic) bond motifs is 1. The first-order chi connectivity index (χ1) is 8.48. The lowest BCUT2D eigenvalue weighted by molar-refractivity contribution is -0.237. The van der Waals surface area contributed by atoms with Gasteiger partial charge in [0.2, 0.25) is 0 Å². The maximum absolute atomic E-state index is 9.71. The average Bonchev–Trinajstić information content (AvgIpc) is 2.77. The highest BCUT2D eigenvalue weighted by Crippen LogP contribution is 2.39. The SMILES string of the molecule is COCO[C@@H]1[C@H]2OC(C)(C)O[C@H]2O[C@@H]1[C@@H](O)CO. The zero-order valence-corrected chi connectivity index (χ0v) is 10.7. The number of hydrogen-bond donors (Lipinski definition) is 2. The van der Waals surface area contributed by atoms with Crippen molar-refractivity contribution in [2.45, 2.75) is 50.3 Å². The van der Waals surface area contributed by atoms with Gasteiger partial charge in [0.05, 0.1) is 6.61 Å². The molecular weight excluding hydrogens is 244 g/mol. The molecule has 0 unspecified atom stereocenters. The van der Waals surface area contributed by atoms with Crippen molar-refractivity contribution in [2.75, 3.05) is 20.5 Å². The van der Waals surface area contributed by atoms with Gasteiger partial charge in [-0.3, -0.25) is 0 Å². The Balaban J connectivity index is 2.07. The van der Waals surface area contributed by atoms with E-state index in [9.17, 15) is 5.11 Å². The van der Waals surface area contributed by atoms with Gasteiger partial charge in [0.15, 0.2) is 12.1 Å². The summed E-state index contributed by atoms with van der Waals surface area (Å²) in [6.45, 7) is 3.19. The number of aliphatic hydroxyl groups is 2. The Hall–Kier alpha value is -0.280. The van der Waals surface area contributed by atoms with Crippen molar-refractivity contribution in [3.63, 3.8) is 0 Å². The van der Waals surface area contributed by atoms with Crippen LogP contribution in [0.1, 0.15) is 13.8 Å². The van der Waals surface area contributed by atoms with Gasteiger partial charge in [0.1, 0.15) is 31.2 Å². The molecule has 7 heteroatoms. The molecule has 2 rings (SSSR count). The van der Waals surface area contributed by atoms with Crippen molar-refractivity contribution in [2.24, 2.45) is 0 Å². The molecule has 7 nitrogen and oxygen atoms in total. The van der Waals surface area contributed by atoms with Crippen LogP contribution in [0.3, 0.4) is 0 Å². The molecule has 2 aliphatic heterocycles. The van der Waals surface area contributed by atoms with Gasteiger partial charge < -0.3 is 33.9 Å². The van der Waals surface area contributed by atoms with Crippen LogP contribution in [-0.2, 0) is 23.7 Å². The second-order valence-electron chi connectivity index (χ2n) is 4.86. The highest BCUT2D eigenvalue weighted by atomic mass is 16.8. The van der Waals surface area contributed by atoms with Gasteiger partial charge in [0.25, 0.3) is 0 Å². The van der Waals surface area contributed by atoms with E-state index in [0.717, 1.165) is 0 Å². The highest BCUT2D eigenvalue weighted by Gasteiger charge is 2.56. The second-order valence-corrected chi connectivity index (χ2v) is 4.86. The third kappa shape index (κ3) is 2.67. The lowest BCUT2D eigenvalue weighted by Crippen LogP contribution is -2.44. The van der Waals surface area contributed by atoms with Crippen molar-refractivity contribution >= 4 is 0 Å². The molecule has 0 saturated carbocycles. The Morgan fingerprint density at radius 3 is 2.67 bits per heavy atom. The minimum Gasteiger partial charge on any atom is -0.394 e. The summed E-state index contributed by atoms with van der Waals surface area (Å²) in [6, 6.07) is 0. The molecule has 0 aromatic rings. The molecule has 0 amide bonds. The third-order valence-corrected chi connectivity index (χ3v) is 2.97. The van der Waals surface area contributed by atoms with E-state index in [1.165, 1.54) is 7.11 Å². The predicted molar refractivity (Wildman–Crippen MR) is 58.5 cm³/mol. The standard InChI is InChI=1S/C11H20O7/c1-11(2)17-9-8(15-5-14-3)7(6(13)4-12)16-10(9)18-11/h6-10,12-13H,4-5H2,1-3H3/t6-,7+,8-,9+,10+/m0/s1. The molecule has 106 valence electrons. The van der Waals surface area contributed by atoms with Crippen molar-refractivity contribution in [1.29, 1.82) is 0 Å². The molecule has 0 spiro atoms. The van der Waals surface area contributed by atoms with E-state index in [2.05, 4.69) is 0 Å². The molecule has 18 heavy (non-hydrogen) atoms. The Kier molecular flexibility index (Phi) is 4.22. The Morgan fingerprint density at radius 2 is 2.06 bits per heavy atom. The topological polar surface area (TPSA) is 86.6 Å². The summed E-state index contributed by atoms with van der Waals surface area (Å²) in [5, 5.41) is 18.7. The Morgan fingerprint density at radius 1 is 1.33 bits per heavy atom. The Labute approximate surface area is 106 Å². The van der Waals surface area contributed by atoms with E-state index in [4.69, 9.17) is 28.8 Å². The molecule has 2 fully saturated rings. The van der Waals surface area contributed by atoms with Gasteiger partial charge >= 0.3 is 0 Å². The van der Waals surface area contributed by atoms with Gasteiger partial charge in [-0.2, -0.15) is 0 Å². The molecule has 0 aliphatic carbocycles. The highest BCUT2D eigenvalue weighted by molar-refractivity contribution is 4.96. The maximum atomic E-state index is 9.71. The summed E-state index contributed by atoms with van der Waals surface area (Å²) in [5.41, 5.74) is 0. The van der Waals surface area contributed by atoms with E-state index in [1.54, 1.807) is 13.8 Å². The van der Waals surface area contributed by atoms with Gasteiger partial charge in [-0.1, -0.05) is 0 Å². The number of ether oxygens (including phenoxy) is 5. The quantitative estimate of drug-likeness (QED) is 0.629. The normalized spacial score (nSPS) is 39.8. The Bertz CT molecular complexity index is 283. The van der Waals surface area contributed by atoms with E-state index in [1.807, 2.05) is 0 Å². The zero-order valence-electron chi connectivity index (χ0n) is 10.7. The summed E-state index contributed by atoms with van der Waals surface area (Å²) in [5.74, 6) is -0.751. The average molecular weight is 264 g/mol. The summed E-state index contributed by atoms with van der Waals surface area (Å²) in [4.78, 5) is 0. The smallest absolute Gasteiger partial charge is 0.190 e. The molecule has 0 radical (unpaired) electrons. The van der Waals surface area contributed by atoms with Crippen LogP contribution in [-0.4, -0.2) is 67.2 Å². The monoisotopic (exact) mass is 264 g/mol. The number of aliphatic hydroxyl groups excluding tert-OH is 2. The van der Waals surface area contributed by atoms with E-state index < -0.39 is 43.1 Å². The van der Waals surface area contributed by atoms with E-state index in [0.29, 0.717) is 0 Å². The van der Waals surface area contributed by atoms with Crippen LogP contribution >= 0.6 is 0 Å². The fourth-order valence-electron chi connectivity index (χ4n) is 2.25. The molecule has 0 aromatic carbocycles. The molecule has 5 atom stereocenters. The van der Waals surface area contributed by atoms with Crippen LogP contribution in [0.25, 0.3) is 0 Å². The summed E-state index contributed by atoms with van der Waals surface area (Å²) < 4.78 is 27.1. The van der Waals surface area contributed by atoms with Crippen LogP contribution in [0.2, 0.25) is 0 Å². The van der Waals surface area contributed by atoms with Gasteiger partial charge in [0, 0.05) is 7.11 Å². The van der Waals surface area contributed by atoms with Crippen molar-refractivity contribution in [3.05, 3.63) is 0 Å². The molecule has 2 saturated heterocycles. The number of rotatable bonds is 5. The van der Waals surface area contributed by atoms with Crippen LogP contribution < -0.4 is 0 Å². The summed E-state index contributed by atoms with van der Waals surface area (Å²) >= 11 is 0. The second kappa shape index (κ2) is 5.38. The maximum Gasteiger partial charge on any atom is 0.190 e. The first-order valence-corrected chi connectivity index (χ1v) is 5.89.